The van der Waals surface area contributed by atoms with Crippen LogP contribution in [0, 0.1) is 11.7 Å². The number of rotatable bonds is 5. The van der Waals surface area contributed by atoms with Gasteiger partial charge in [-0.3, -0.25) is 14.5 Å². The van der Waals surface area contributed by atoms with Crippen LogP contribution < -0.4 is 5.32 Å². The molecule has 0 saturated heterocycles. The van der Waals surface area contributed by atoms with Crippen LogP contribution in [-0.2, 0) is 17.9 Å². The standard InChI is InChI=1S/C16H16N4O2S/c1-11-4-2-5-12(8-11)15-18-19-16(23)20(15)10-14(21)17-9-13-6-3-7-22-13/h2-8H,9-10H2,1H3,(H,17,21)(H,19,23). The Morgan fingerprint density at radius 2 is 2.26 bits per heavy atom. The highest BCUT2D eigenvalue weighted by molar-refractivity contribution is 7.71. The number of hydrogen-bond acceptors (Lipinski definition) is 4. The van der Waals surface area contributed by atoms with Crippen molar-refractivity contribution in [3.05, 3.63) is 58.8 Å². The van der Waals surface area contributed by atoms with Crippen LogP contribution in [0.3, 0.4) is 0 Å². The van der Waals surface area contributed by atoms with Crippen LogP contribution in [0.25, 0.3) is 11.4 Å². The zero-order chi connectivity index (χ0) is 16.2. The lowest BCUT2D eigenvalue weighted by Crippen LogP contribution is -2.27. The first-order valence-electron chi connectivity index (χ1n) is 7.15. The molecule has 7 heteroatoms. The first-order valence-corrected chi connectivity index (χ1v) is 7.55. The molecule has 0 aliphatic heterocycles. The summed E-state index contributed by atoms with van der Waals surface area (Å²) in [5.74, 6) is 1.19. The lowest BCUT2D eigenvalue weighted by Gasteiger charge is -2.08. The molecule has 2 heterocycles. The number of carbonyl (C=O) groups is 1. The Hall–Kier alpha value is -2.67. The van der Waals surface area contributed by atoms with Gasteiger partial charge in [-0.05, 0) is 37.3 Å². The molecule has 2 aromatic heterocycles. The zero-order valence-electron chi connectivity index (χ0n) is 12.6. The second-order valence-electron chi connectivity index (χ2n) is 5.16. The monoisotopic (exact) mass is 328 g/mol. The van der Waals surface area contributed by atoms with E-state index >= 15 is 0 Å². The highest BCUT2D eigenvalue weighted by Gasteiger charge is 2.12. The summed E-state index contributed by atoms with van der Waals surface area (Å²) in [5, 5.41) is 9.78. The first-order chi connectivity index (χ1) is 11.1. The summed E-state index contributed by atoms with van der Waals surface area (Å²) in [6, 6.07) is 11.5. The van der Waals surface area contributed by atoms with Gasteiger partial charge in [0.05, 0.1) is 12.8 Å². The van der Waals surface area contributed by atoms with Gasteiger partial charge < -0.3 is 9.73 Å². The van der Waals surface area contributed by atoms with Crippen molar-refractivity contribution in [3.8, 4) is 11.4 Å². The number of H-pyrrole nitrogens is 1. The summed E-state index contributed by atoms with van der Waals surface area (Å²) in [4.78, 5) is 12.1. The SMILES string of the molecule is Cc1cccc(-c2n[nH]c(=S)n2CC(=O)NCc2ccco2)c1. The molecule has 0 atom stereocenters. The molecular weight excluding hydrogens is 312 g/mol. The molecule has 1 aromatic carbocycles. The van der Waals surface area contributed by atoms with Crippen LogP contribution in [0.2, 0.25) is 0 Å². The van der Waals surface area contributed by atoms with Crippen LogP contribution in [0.4, 0.5) is 0 Å². The van der Waals surface area contributed by atoms with E-state index < -0.39 is 0 Å². The summed E-state index contributed by atoms with van der Waals surface area (Å²) in [7, 11) is 0. The van der Waals surface area contributed by atoms with Gasteiger partial charge in [0.15, 0.2) is 10.6 Å². The van der Waals surface area contributed by atoms with E-state index in [2.05, 4.69) is 15.5 Å². The van der Waals surface area contributed by atoms with E-state index in [0.717, 1.165) is 11.1 Å². The summed E-state index contributed by atoms with van der Waals surface area (Å²) in [5.41, 5.74) is 2.03. The number of aromatic amines is 1. The molecule has 1 amide bonds. The number of nitrogens with one attached hydrogen (secondary N) is 2. The molecule has 6 nitrogen and oxygen atoms in total. The van der Waals surface area contributed by atoms with E-state index in [1.807, 2.05) is 37.3 Å². The summed E-state index contributed by atoms with van der Waals surface area (Å²) in [6.07, 6.45) is 1.57. The Morgan fingerprint density at radius 1 is 1.39 bits per heavy atom. The van der Waals surface area contributed by atoms with E-state index in [0.29, 0.717) is 22.9 Å². The molecule has 23 heavy (non-hydrogen) atoms. The van der Waals surface area contributed by atoms with Crippen molar-refractivity contribution in [2.75, 3.05) is 0 Å². The maximum absolute atomic E-state index is 12.1. The van der Waals surface area contributed by atoms with E-state index in [-0.39, 0.29) is 12.5 Å². The Balaban J connectivity index is 1.76. The largest absolute Gasteiger partial charge is 0.467 e. The number of aryl methyl sites for hydroxylation is 1. The molecule has 3 rings (SSSR count). The Kier molecular flexibility index (Phi) is 4.38. The predicted octanol–water partition coefficient (Wildman–Crippen LogP) is 2.83. The topological polar surface area (TPSA) is 75.8 Å². The Bertz CT molecular complexity index is 864. The van der Waals surface area contributed by atoms with E-state index in [1.165, 1.54) is 0 Å². The van der Waals surface area contributed by atoms with Crippen molar-refractivity contribution in [2.45, 2.75) is 20.0 Å². The third-order valence-electron chi connectivity index (χ3n) is 3.38. The Labute approximate surface area is 138 Å². The van der Waals surface area contributed by atoms with Crippen molar-refractivity contribution in [1.82, 2.24) is 20.1 Å². The first kappa shape index (κ1) is 15.2. The minimum atomic E-state index is -0.159. The number of benzene rings is 1. The van der Waals surface area contributed by atoms with Crippen molar-refractivity contribution < 1.29 is 9.21 Å². The van der Waals surface area contributed by atoms with Crippen LogP contribution in [0.1, 0.15) is 11.3 Å². The van der Waals surface area contributed by atoms with Gasteiger partial charge in [0.25, 0.3) is 0 Å². The van der Waals surface area contributed by atoms with Gasteiger partial charge in [0, 0.05) is 5.56 Å². The van der Waals surface area contributed by atoms with Crippen molar-refractivity contribution in [1.29, 1.82) is 0 Å². The quantitative estimate of drug-likeness (QED) is 0.706. The molecule has 0 aliphatic rings. The highest BCUT2D eigenvalue weighted by Crippen LogP contribution is 2.18. The van der Waals surface area contributed by atoms with Crippen molar-refractivity contribution in [3.63, 3.8) is 0 Å². The molecule has 118 valence electrons. The van der Waals surface area contributed by atoms with Gasteiger partial charge in [-0.25, -0.2) is 0 Å². The minimum Gasteiger partial charge on any atom is -0.467 e. The second kappa shape index (κ2) is 6.62. The fourth-order valence-corrected chi connectivity index (χ4v) is 2.46. The van der Waals surface area contributed by atoms with Gasteiger partial charge in [-0.15, -0.1) is 0 Å². The second-order valence-corrected chi connectivity index (χ2v) is 5.55. The average Bonchev–Trinajstić information content (AvgIpc) is 3.16. The lowest BCUT2D eigenvalue weighted by atomic mass is 10.1. The molecule has 0 spiro atoms. The molecule has 0 unspecified atom stereocenters. The van der Waals surface area contributed by atoms with Crippen molar-refractivity contribution >= 4 is 18.1 Å². The summed E-state index contributed by atoms with van der Waals surface area (Å²) >= 11 is 5.23. The number of hydrogen-bond donors (Lipinski definition) is 2. The fraction of sp³-hybridized carbons (Fsp3) is 0.188. The highest BCUT2D eigenvalue weighted by atomic mass is 32.1. The number of nitrogens with zero attached hydrogens (tertiary/aromatic N) is 2. The average molecular weight is 328 g/mol. The zero-order valence-corrected chi connectivity index (χ0v) is 13.4. The van der Waals surface area contributed by atoms with E-state index in [1.54, 1.807) is 16.9 Å². The number of amides is 1. The van der Waals surface area contributed by atoms with Crippen molar-refractivity contribution in [2.24, 2.45) is 0 Å². The van der Waals surface area contributed by atoms with Crippen LogP contribution in [-0.4, -0.2) is 20.7 Å². The van der Waals surface area contributed by atoms with Crippen LogP contribution >= 0.6 is 12.2 Å². The third-order valence-corrected chi connectivity index (χ3v) is 3.69. The van der Waals surface area contributed by atoms with Crippen LogP contribution in [0.5, 0.6) is 0 Å². The van der Waals surface area contributed by atoms with E-state index in [9.17, 15) is 4.79 Å². The maximum Gasteiger partial charge on any atom is 0.240 e. The lowest BCUT2D eigenvalue weighted by molar-refractivity contribution is -0.121. The normalized spacial score (nSPS) is 10.7. The molecule has 3 aromatic rings. The third kappa shape index (κ3) is 3.57. The molecule has 0 radical (unpaired) electrons. The molecule has 2 N–H and O–H groups in total. The molecule has 0 saturated carbocycles. The van der Waals surface area contributed by atoms with Crippen LogP contribution in [0.15, 0.2) is 47.1 Å². The molecule has 0 bridgehead atoms. The number of aromatic nitrogens is 3. The molecule has 0 fully saturated rings. The molecule has 0 aliphatic carbocycles. The predicted molar refractivity (Wildman–Crippen MR) is 88.1 cm³/mol. The van der Waals surface area contributed by atoms with Gasteiger partial charge >= 0.3 is 0 Å². The van der Waals surface area contributed by atoms with Gasteiger partial charge in [-0.1, -0.05) is 23.8 Å². The van der Waals surface area contributed by atoms with Gasteiger partial charge in [0.1, 0.15) is 12.3 Å². The smallest absolute Gasteiger partial charge is 0.240 e. The molecular formula is C16H16N4O2S. The number of furan rings is 1. The van der Waals surface area contributed by atoms with Gasteiger partial charge in [-0.2, -0.15) is 5.10 Å². The maximum atomic E-state index is 12.1. The fourth-order valence-electron chi connectivity index (χ4n) is 2.27. The Morgan fingerprint density at radius 3 is 3.00 bits per heavy atom. The minimum absolute atomic E-state index is 0.0965. The summed E-state index contributed by atoms with van der Waals surface area (Å²) in [6.45, 7) is 2.45. The van der Waals surface area contributed by atoms with E-state index in [4.69, 9.17) is 16.6 Å². The van der Waals surface area contributed by atoms with Gasteiger partial charge in [0.2, 0.25) is 5.91 Å². The summed E-state index contributed by atoms with van der Waals surface area (Å²) < 4.78 is 7.28. The number of carbonyl (C=O) groups excluding carboxylic acids is 1.